The van der Waals surface area contributed by atoms with Crippen molar-refractivity contribution in [3.8, 4) is 0 Å². The first kappa shape index (κ1) is 16.9. The summed E-state index contributed by atoms with van der Waals surface area (Å²) < 4.78 is 18.9. The molecule has 1 aliphatic carbocycles. The average Bonchev–Trinajstić information content (AvgIpc) is 3.43. The Balaban J connectivity index is 1.71. The third kappa shape index (κ3) is 4.76. The van der Waals surface area contributed by atoms with Gasteiger partial charge in [-0.25, -0.2) is 9.18 Å². The molecule has 0 heterocycles. The lowest BCUT2D eigenvalue weighted by atomic mass is 10.1. The molecule has 1 amide bonds. The standard InChI is InChI=1S/C20H18FNO3/c21-17-9-5-4-6-14(17)10-13-18(23)25-19(15-7-2-1-3-8-15)20(24)22-16-11-12-16/h1-10,13,16,19H,11-12H2,(H,22,24)/b13-10+/t19-/m0/s1. The summed E-state index contributed by atoms with van der Waals surface area (Å²) in [6.45, 7) is 0. The van der Waals surface area contributed by atoms with Crippen LogP contribution < -0.4 is 5.32 Å². The van der Waals surface area contributed by atoms with E-state index in [0.717, 1.165) is 18.9 Å². The summed E-state index contributed by atoms with van der Waals surface area (Å²) in [5.41, 5.74) is 0.867. The van der Waals surface area contributed by atoms with Gasteiger partial charge < -0.3 is 10.1 Å². The normalized spacial score (nSPS) is 14.9. The fourth-order valence-electron chi connectivity index (χ4n) is 2.33. The van der Waals surface area contributed by atoms with Gasteiger partial charge in [-0.3, -0.25) is 4.79 Å². The number of benzene rings is 2. The highest BCUT2D eigenvalue weighted by molar-refractivity contribution is 5.91. The van der Waals surface area contributed by atoms with Gasteiger partial charge in [0.15, 0.2) is 0 Å². The maximum absolute atomic E-state index is 13.6. The van der Waals surface area contributed by atoms with Gasteiger partial charge in [0, 0.05) is 23.2 Å². The summed E-state index contributed by atoms with van der Waals surface area (Å²) in [5, 5.41) is 2.84. The largest absolute Gasteiger partial charge is 0.444 e. The molecule has 0 bridgehead atoms. The van der Waals surface area contributed by atoms with Crippen LogP contribution in [0.2, 0.25) is 0 Å². The number of rotatable bonds is 6. The third-order valence-electron chi connectivity index (χ3n) is 3.80. The summed E-state index contributed by atoms with van der Waals surface area (Å²) in [5.74, 6) is -1.48. The summed E-state index contributed by atoms with van der Waals surface area (Å²) in [6, 6.07) is 15.1. The van der Waals surface area contributed by atoms with Crippen molar-refractivity contribution in [3.05, 3.63) is 77.6 Å². The Morgan fingerprint density at radius 1 is 1.08 bits per heavy atom. The van der Waals surface area contributed by atoms with Gasteiger partial charge in [0.2, 0.25) is 6.10 Å². The lowest BCUT2D eigenvalue weighted by Crippen LogP contribution is -2.33. The third-order valence-corrected chi connectivity index (χ3v) is 3.80. The number of hydrogen-bond acceptors (Lipinski definition) is 3. The van der Waals surface area contributed by atoms with Crippen molar-refractivity contribution in [1.82, 2.24) is 5.32 Å². The summed E-state index contributed by atoms with van der Waals surface area (Å²) in [4.78, 5) is 24.5. The van der Waals surface area contributed by atoms with Crippen molar-refractivity contribution < 1.29 is 18.7 Å². The molecule has 1 fully saturated rings. The fraction of sp³-hybridized carbons (Fsp3) is 0.200. The van der Waals surface area contributed by atoms with Crippen molar-refractivity contribution >= 4 is 18.0 Å². The minimum absolute atomic E-state index is 0.159. The van der Waals surface area contributed by atoms with E-state index in [2.05, 4.69) is 5.32 Å². The van der Waals surface area contributed by atoms with Crippen LogP contribution in [0.3, 0.4) is 0 Å². The number of nitrogens with one attached hydrogen (secondary N) is 1. The quantitative estimate of drug-likeness (QED) is 0.648. The number of hydrogen-bond donors (Lipinski definition) is 1. The Morgan fingerprint density at radius 2 is 1.76 bits per heavy atom. The molecule has 0 aromatic heterocycles. The van der Waals surface area contributed by atoms with Gasteiger partial charge >= 0.3 is 5.97 Å². The van der Waals surface area contributed by atoms with E-state index in [1.165, 1.54) is 12.1 Å². The second kappa shape index (κ2) is 7.75. The molecule has 5 heteroatoms. The van der Waals surface area contributed by atoms with Crippen LogP contribution in [0, 0.1) is 5.82 Å². The van der Waals surface area contributed by atoms with Crippen LogP contribution in [0.4, 0.5) is 4.39 Å². The highest BCUT2D eigenvalue weighted by Gasteiger charge is 2.30. The molecule has 0 saturated heterocycles. The van der Waals surface area contributed by atoms with Crippen molar-refractivity contribution in [1.29, 1.82) is 0 Å². The molecule has 2 aromatic carbocycles. The summed E-state index contributed by atoms with van der Waals surface area (Å²) in [7, 11) is 0. The van der Waals surface area contributed by atoms with Crippen molar-refractivity contribution in [2.24, 2.45) is 0 Å². The van der Waals surface area contributed by atoms with Gasteiger partial charge in [0.05, 0.1) is 0 Å². The predicted molar refractivity (Wildman–Crippen MR) is 91.9 cm³/mol. The Morgan fingerprint density at radius 3 is 2.44 bits per heavy atom. The number of esters is 1. The van der Waals surface area contributed by atoms with E-state index in [1.807, 2.05) is 6.07 Å². The molecule has 0 aliphatic heterocycles. The molecule has 1 aliphatic rings. The van der Waals surface area contributed by atoms with Crippen molar-refractivity contribution in [2.45, 2.75) is 25.0 Å². The first-order chi connectivity index (χ1) is 12.1. The molecule has 0 spiro atoms. The van der Waals surface area contributed by atoms with Gasteiger partial charge in [0.1, 0.15) is 5.82 Å². The molecule has 128 valence electrons. The van der Waals surface area contributed by atoms with Crippen LogP contribution in [0.1, 0.15) is 30.1 Å². The van der Waals surface area contributed by atoms with E-state index in [0.29, 0.717) is 5.56 Å². The van der Waals surface area contributed by atoms with Crippen LogP contribution in [-0.2, 0) is 14.3 Å². The molecule has 1 atom stereocenters. The first-order valence-electron chi connectivity index (χ1n) is 8.12. The Bertz CT molecular complexity index is 785. The Hall–Kier alpha value is -2.95. The van der Waals surface area contributed by atoms with E-state index in [1.54, 1.807) is 42.5 Å². The fourth-order valence-corrected chi connectivity index (χ4v) is 2.33. The topological polar surface area (TPSA) is 55.4 Å². The molecular weight excluding hydrogens is 321 g/mol. The number of ether oxygens (including phenoxy) is 1. The predicted octanol–water partition coefficient (Wildman–Crippen LogP) is 3.40. The van der Waals surface area contributed by atoms with E-state index in [4.69, 9.17) is 4.74 Å². The van der Waals surface area contributed by atoms with Gasteiger partial charge in [-0.15, -0.1) is 0 Å². The first-order valence-corrected chi connectivity index (χ1v) is 8.12. The van der Waals surface area contributed by atoms with Crippen LogP contribution in [-0.4, -0.2) is 17.9 Å². The number of amides is 1. The van der Waals surface area contributed by atoms with Gasteiger partial charge in [-0.05, 0) is 25.0 Å². The van der Waals surface area contributed by atoms with Crippen LogP contribution in [0.5, 0.6) is 0 Å². The highest BCUT2D eigenvalue weighted by atomic mass is 19.1. The molecule has 1 saturated carbocycles. The SMILES string of the molecule is O=C(/C=C/c1ccccc1F)O[C@H](C(=O)NC1CC1)c1ccccc1. The van der Waals surface area contributed by atoms with Crippen LogP contribution in [0.15, 0.2) is 60.7 Å². The lowest BCUT2D eigenvalue weighted by molar-refractivity contribution is -0.151. The molecule has 1 N–H and O–H groups in total. The molecule has 0 radical (unpaired) electrons. The number of carbonyl (C=O) groups excluding carboxylic acids is 2. The maximum atomic E-state index is 13.6. The van der Waals surface area contributed by atoms with Crippen LogP contribution >= 0.6 is 0 Å². The van der Waals surface area contributed by atoms with Gasteiger partial charge in [-0.2, -0.15) is 0 Å². The minimum atomic E-state index is -1.03. The van der Waals surface area contributed by atoms with Crippen molar-refractivity contribution in [3.63, 3.8) is 0 Å². The smallest absolute Gasteiger partial charge is 0.331 e. The van der Waals surface area contributed by atoms with Gasteiger partial charge in [0.25, 0.3) is 5.91 Å². The molecule has 0 unspecified atom stereocenters. The van der Waals surface area contributed by atoms with E-state index in [9.17, 15) is 14.0 Å². The zero-order chi connectivity index (χ0) is 17.6. The zero-order valence-corrected chi connectivity index (χ0v) is 13.5. The van der Waals surface area contributed by atoms with Crippen molar-refractivity contribution in [2.75, 3.05) is 0 Å². The second-order valence-corrected chi connectivity index (χ2v) is 5.87. The molecule has 3 rings (SSSR count). The van der Waals surface area contributed by atoms with Crippen LogP contribution in [0.25, 0.3) is 6.08 Å². The lowest BCUT2D eigenvalue weighted by Gasteiger charge is -2.17. The monoisotopic (exact) mass is 339 g/mol. The summed E-state index contributed by atoms with van der Waals surface area (Å²) >= 11 is 0. The molecule has 25 heavy (non-hydrogen) atoms. The molecule has 4 nitrogen and oxygen atoms in total. The Labute approximate surface area is 145 Å². The van der Waals surface area contributed by atoms with Gasteiger partial charge in [-0.1, -0.05) is 48.5 Å². The maximum Gasteiger partial charge on any atom is 0.331 e. The summed E-state index contributed by atoms with van der Waals surface area (Å²) in [6.07, 6.45) is 3.31. The van der Waals surface area contributed by atoms with E-state index in [-0.39, 0.29) is 17.5 Å². The number of halogens is 1. The van der Waals surface area contributed by atoms with E-state index >= 15 is 0 Å². The average molecular weight is 339 g/mol. The molecular formula is C20H18FNO3. The zero-order valence-electron chi connectivity index (χ0n) is 13.5. The second-order valence-electron chi connectivity index (χ2n) is 5.87. The minimum Gasteiger partial charge on any atom is -0.444 e. The Kier molecular flexibility index (Phi) is 5.23. The number of carbonyl (C=O) groups is 2. The van der Waals surface area contributed by atoms with E-state index < -0.39 is 17.9 Å². The molecule has 2 aromatic rings. The highest BCUT2D eigenvalue weighted by Crippen LogP contribution is 2.23.